The highest BCUT2D eigenvalue weighted by Crippen LogP contribution is 2.51. The number of aryl methyl sites for hydroxylation is 2. The predicted octanol–water partition coefficient (Wildman–Crippen LogP) is 7.85. The summed E-state index contributed by atoms with van der Waals surface area (Å²) in [6.45, 7) is 23.0. The molecule has 1 aliphatic rings. The van der Waals surface area contributed by atoms with Gasteiger partial charge in [-0.3, -0.25) is 4.98 Å². The van der Waals surface area contributed by atoms with Crippen molar-refractivity contribution in [2.75, 3.05) is 0 Å². The number of allylic oxidation sites excluding steroid dienone is 1. The quantitative estimate of drug-likeness (QED) is 0.208. The third-order valence-electron chi connectivity index (χ3n) is 9.13. The third kappa shape index (κ3) is 3.03. The van der Waals surface area contributed by atoms with E-state index in [1.54, 1.807) is 0 Å². The molecule has 0 fully saturated rings. The van der Waals surface area contributed by atoms with Crippen molar-refractivity contribution < 1.29 is 4.57 Å². The van der Waals surface area contributed by atoms with E-state index in [9.17, 15) is 0 Å². The molecule has 0 amide bonds. The van der Waals surface area contributed by atoms with Gasteiger partial charge in [0.1, 0.15) is 5.54 Å². The Morgan fingerprint density at radius 2 is 1.86 bits per heavy atom. The van der Waals surface area contributed by atoms with Crippen molar-refractivity contribution in [3.63, 3.8) is 0 Å². The summed E-state index contributed by atoms with van der Waals surface area (Å²) in [5, 5.41) is 1.31. The van der Waals surface area contributed by atoms with Gasteiger partial charge in [-0.2, -0.15) is 4.40 Å². The molecular formula is C32H42N3+. The first kappa shape index (κ1) is 24.0. The molecule has 35 heavy (non-hydrogen) atoms. The summed E-state index contributed by atoms with van der Waals surface area (Å²) < 4.78 is 5.06. The maximum absolute atomic E-state index is 5.23. The molecule has 5 rings (SSSR count). The maximum Gasteiger partial charge on any atom is 0.297 e. The van der Waals surface area contributed by atoms with Crippen LogP contribution in [-0.2, 0) is 22.8 Å². The number of hydrogen-bond donors (Lipinski definition) is 0. The van der Waals surface area contributed by atoms with Gasteiger partial charge in [0.2, 0.25) is 0 Å². The number of benzene rings is 1. The number of unbranched alkanes of at least 4 members (excludes halogenated alkanes) is 1. The van der Waals surface area contributed by atoms with Crippen molar-refractivity contribution in [2.24, 2.45) is 0 Å². The standard InChI is InChI=1S/C32H42N3/c1-10-14-15-22-19-25-26(18-21(22)5)35-29-28-23(31(9,11-2)32(35,12-3)13-4)20-27(30(6,7)8)33-24(28)16-17-34(25)29/h12,16-20H,3,10-11,13-15H2,1-2,4-9H3/q+1. The van der Waals surface area contributed by atoms with Crippen LogP contribution in [0.2, 0.25) is 0 Å². The molecule has 1 aliphatic heterocycles. The van der Waals surface area contributed by atoms with E-state index in [2.05, 4.69) is 107 Å². The molecule has 4 heterocycles. The monoisotopic (exact) mass is 468 g/mol. The summed E-state index contributed by atoms with van der Waals surface area (Å²) in [6.07, 6.45) is 10.1. The summed E-state index contributed by atoms with van der Waals surface area (Å²) in [5.74, 6) is 0. The van der Waals surface area contributed by atoms with Gasteiger partial charge >= 0.3 is 0 Å². The fraction of sp³-hybridized carbons (Fsp3) is 0.500. The van der Waals surface area contributed by atoms with Crippen LogP contribution in [0.4, 0.5) is 0 Å². The van der Waals surface area contributed by atoms with E-state index >= 15 is 0 Å². The molecule has 0 radical (unpaired) electrons. The molecule has 3 heteroatoms. The Hall–Kier alpha value is -2.68. The molecule has 184 valence electrons. The van der Waals surface area contributed by atoms with Crippen LogP contribution in [-0.4, -0.2) is 9.38 Å². The molecule has 0 saturated carbocycles. The number of rotatable bonds is 6. The Morgan fingerprint density at radius 1 is 1.11 bits per heavy atom. The van der Waals surface area contributed by atoms with Crippen LogP contribution in [0.5, 0.6) is 0 Å². The molecule has 0 aliphatic carbocycles. The van der Waals surface area contributed by atoms with E-state index in [0.29, 0.717) is 0 Å². The van der Waals surface area contributed by atoms with Crippen molar-refractivity contribution in [1.82, 2.24) is 9.38 Å². The van der Waals surface area contributed by atoms with Crippen molar-refractivity contribution in [3.8, 4) is 0 Å². The van der Waals surface area contributed by atoms with Gasteiger partial charge in [-0.15, -0.1) is 0 Å². The zero-order valence-corrected chi connectivity index (χ0v) is 23.0. The lowest BCUT2D eigenvalue weighted by molar-refractivity contribution is -0.719. The molecule has 0 spiro atoms. The minimum Gasteiger partial charge on any atom is -0.252 e. The van der Waals surface area contributed by atoms with Crippen LogP contribution in [0, 0.1) is 6.92 Å². The van der Waals surface area contributed by atoms with Gasteiger partial charge < -0.3 is 0 Å². The van der Waals surface area contributed by atoms with Gasteiger partial charge in [0.05, 0.1) is 17.1 Å². The number of nitrogens with zero attached hydrogens (tertiary/aromatic N) is 3. The fourth-order valence-electron chi connectivity index (χ4n) is 6.73. The smallest absolute Gasteiger partial charge is 0.252 e. The van der Waals surface area contributed by atoms with E-state index in [4.69, 9.17) is 4.98 Å². The minimum atomic E-state index is -0.232. The second-order valence-electron chi connectivity index (χ2n) is 11.9. The van der Waals surface area contributed by atoms with Crippen molar-refractivity contribution in [1.29, 1.82) is 0 Å². The minimum absolute atomic E-state index is 0.0139. The number of fused-ring (bicyclic) bond motifs is 3. The Kier molecular flexibility index (Phi) is 5.43. The fourth-order valence-corrected chi connectivity index (χ4v) is 6.73. The maximum atomic E-state index is 5.23. The van der Waals surface area contributed by atoms with Crippen LogP contribution in [0.3, 0.4) is 0 Å². The Morgan fingerprint density at radius 3 is 2.46 bits per heavy atom. The summed E-state index contributed by atoms with van der Waals surface area (Å²) in [5.41, 5.74) is 10.1. The zero-order chi connectivity index (χ0) is 25.3. The van der Waals surface area contributed by atoms with Crippen molar-refractivity contribution in [2.45, 2.75) is 104 Å². The number of pyridine rings is 2. The Labute approximate surface area is 210 Å². The van der Waals surface area contributed by atoms with Crippen molar-refractivity contribution in [3.05, 3.63) is 65.5 Å². The van der Waals surface area contributed by atoms with E-state index < -0.39 is 0 Å². The largest absolute Gasteiger partial charge is 0.297 e. The Balaban J connectivity index is 2.05. The topological polar surface area (TPSA) is 21.2 Å². The highest BCUT2D eigenvalue weighted by molar-refractivity contribution is 5.98. The highest BCUT2D eigenvalue weighted by Gasteiger charge is 2.56. The summed E-state index contributed by atoms with van der Waals surface area (Å²) >= 11 is 0. The number of hydrogen-bond acceptors (Lipinski definition) is 1. The van der Waals surface area contributed by atoms with Gasteiger partial charge in [-0.25, -0.2) is 4.57 Å². The van der Waals surface area contributed by atoms with E-state index in [-0.39, 0.29) is 16.4 Å². The normalized spacial score (nSPS) is 22.1. The molecule has 1 aromatic carbocycles. The molecule has 0 bridgehead atoms. The number of imidazole rings is 1. The van der Waals surface area contributed by atoms with Crippen LogP contribution in [0.1, 0.15) is 96.5 Å². The van der Waals surface area contributed by atoms with E-state index in [0.717, 1.165) is 24.8 Å². The first-order valence-corrected chi connectivity index (χ1v) is 13.6. The first-order chi connectivity index (χ1) is 16.6. The summed E-state index contributed by atoms with van der Waals surface area (Å²) in [7, 11) is 0. The average Bonchev–Trinajstić information content (AvgIpc) is 3.15. The molecule has 3 nitrogen and oxygen atoms in total. The summed E-state index contributed by atoms with van der Waals surface area (Å²) in [4.78, 5) is 5.23. The average molecular weight is 469 g/mol. The first-order valence-electron chi connectivity index (χ1n) is 13.6. The third-order valence-corrected chi connectivity index (χ3v) is 9.13. The molecule has 3 aromatic heterocycles. The predicted molar refractivity (Wildman–Crippen MR) is 149 cm³/mol. The van der Waals surface area contributed by atoms with E-state index in [1.165, 1.54) is 57.3 Å². The molecule has 4 aromatic rings. The molecule has 2 atom stereocenters. The van der Waals surface area contributed by atoms with E-state index in [1.807, 2.05) is 0 Å². The lowest BCUT2D eigenvalue weighted by Gasteiger charge is -2.47. The molecule has 2 unspecified atom stereocenters. The Bertz CT molecular complexity index is 1480. The van der Waals surface area contributed by atoms with Gasteiger partial charge in [0.15, 0.2) is 11.0 Å². The van der Waals surface area contributed by atoms with Crippen LogP contribution in [0.25, 0.3) is 27.6 Å². The van der Waals surface area contributed by atoms with Gasteiger partial charge in [-0.1, -0.05) is 61.5 Å². The lowest BCUT2D eigenvalue weighted by Crippen LogP contribution is -2.66. The zero-order valence-electron chi connectivity index (χ0n) is 23.0. The summed E-state index contributed by atoms with van der Waals surface area (Å²) in [6, 6.07) is 9.54. The van der Waals surface area contributed by atoms with Crippen LogP contribution in [0.15, 0.2) is 43.1 Å². The SMILES string of the molecule is C=CC1(CC)[n+]2c3cc(C)c(CCCC)cc3n3ccc4nc(C(C)(C)C)cc(c4c32)C1(C)CC. The van der Waals surface area contributed by atoms with Crippen LogP contribution < -0.4 is 4.57 Å². The van der Waals surface area contributed by atoms with Gasteiger partial charge in [-0.05, 0) is 73.6 Å². The number of aromatic nitrogens is 3. The lowest BCUT2D eigenvalue weighted by atomic mass is 9.61. The second-order valence-corrected chi connectivity index (χ2v) is 11.9. The highest BCUT2D eigenvalue weighted by atomic mass is 15.2. The van der Waals surface area contributed by atoms with Crippen LogP contribution >= 0.6 is 0 Å². The van der Waals surface area contributed by atoms with Crippen molar-refractivity contribution >= 4 is 27.6 Å². The molecule has 0 saturated heterocycles. The van der Waals surface area contributed by atoms with Gasteiger partial charge in [0.25, 0.3) is 5.65 Å². The second kappa shape index (κ2) is 7.91. The van der Waals surface area contributed by atoms with Gasteiger partial charge in [0, 0.05) is 22.6 Å². The molecular weight excluding hydrogens is 426 g/mol. The molecule has 0 N–H and O–H groups in total.